The van der Waals surface area contributed by atoms with Gasteiger partial charge in [0.15, 0.2) is 5.79 Å². The molecule has 1 spiro atoms. The summed E-state index contributed by atoms with van der Waals surface area (Å²) in [6.45, 7) is 11.1. The van der Waals surface area contributed by atoms with Gasteiger partial charge in [-0.15, -0.1) is 0 Å². The maximum atomic E-state index is 11.6. The van der Waals surface area contributed by atoms with E-state index < -0.39 is 5.79 Å². The minimum absolute atomic E-state index is 0.00905. The Morgan fingerprint density at radius 2 is 1.90 bits per heavy atom. The van der Waals surface area contributed by atoms with Crippen molar-refractivity contribution in [1.82, 2.24) is 0 Å². The van der Waals surface area contributed by atoms with Crippen molar-refractivity contribution in [3.63, 3.8) is 0 Å². The van der Waals surface area contributed by atoms with Crippen molar-refractivity contribution in [3.05, 3.63) is 23.3 Å². The van der Waals surface area contributed by atoms with E-state index in [4.69, 9.17) is 14.2 Å². The van der Waals surface area contributed by atoms with Gasteiger partial charge in [0.2, 0.25) is 0 Å². The van der Waals surface area contributed by atoms with Gasteiger partial charge in [0, 0.05) is 23.7 Å². The number of esters is 1. The molecule has 1 aliphatic heterocycles. The van der Waals surface area contributed by atoms with Gasteiger partial charge in [-0.3, -0.25) is 4.79 Å². The van der Waals surface area contributed by atoms with Gasteiger partial charge in [-0.25, -0.2) is 0 Å². The Hall–Kier alpha value is -1.13. The molecule has 4 nitrogen and oxygen atoms in total. The van der Waals surface area contributed by atoms with E-state index in [0.717, 1.165) is 45.3 Å². The number of carbonyl (C=O) groups excluding carboxylic acids is 1. The van der Waals surface area contributed by atoms with E-state index in [9.17, 15) is 4.79 Å². The standard InChI is InChI=1S/C25H38O4/c1-22(2)19-12-13-23(3)18(9-7-11-21(26)27-5)8-6-10-20(23)24(19,4)14-15-25(22)28-16-17-29-25/h9-10,19H,6-8,11-17H2,1-5H3/t19-,23?,24-/m0/s1. The van der Waals surface area contributed by atoms with Gasteiger partial charge >= 0.3 is 5.97 Å². The van der Waals surface area contributed by atoms with Crippen LogP contribution in [-0.2, 0) is 19.0 Å². The number of methoxy groups -OCH3 is 1. The largest absolute Gasteiger partial charge is 0.469 e. The second-order valence-corrected chi connectivity index (χ2v) is 10.5. The predicted octanol–water partition coefficient (Wildman–Crippen LogP) is 5.57. The van der Waals surface area contributed by atoms with Gasteiger partial charge in [0.1, 0.15) is 0 Å². The van der Waals surface area contributed by atoms with Crippen molar-refractivity contribution in [2.75, 3.05) is 20.3 Å². The molecular formula is C25H38O4. The maximum Gasteiger partial charge on any atom is 0.305 e. The number of hydrogen-bond acceptors (Lipinski definition) is 4. The van der Waals surface area contributed by atoms with Crippen LogP contribution in [0.3, 0.4) is 0 Å². The SMILES string of the molecule is COC(=O)CCC=C1CCC=C2C1(C)CC[C@H]1C(C)(C)C3(CC[C@]21C)OCCO3. The first kappa shape index (κ1) is 21.1. The van der Waals surface area contributed by atoms with Crippen LogP contribution in [0.4, 0.5) is 0 Å². The van der Waals surface area contributed by atoms with E-state index in [2.05, 4.69) is 39.8 Å². The molecule has 0 radical (unpaired) electrons. The van der Waals surface area contributed by atoms with E-state index in [1.54, 1.807) is 5.57 Å². The molecule has 1 saturated heterocycles. The molecule has 0 bridgehead atoms. The first-order valence-electron chi connectivity index (χ1n) is 11.4. The molecule has 4 rings (SSSR count). The quantitative estimate of drug-likeness (QED) is 0.457. The second-order valence-electron chi connectivity index (χ2n) is 10.5. The molecule has 1 heterocycles. The van der Waals surface area contributed by atoms with Crippen molar-refractivity contribution >= 4 is 5.97 Å². The summed E-state index contributed by atoms with van der Waals surface area (Å²) in [4.78, 5) is 11.6. The number of rotatable bonds is 3. The average molecular weight is 403 g/mol. The molecule has 3 fully saturated rings. The summed E-state index contributed by atoms with van der Waals surface area (Å²) in [5.41, 5.74) is 3.46. The Balaban J connectivity index is 1.63. The molecule has 3 atom stereocenters. The van der Waals surface area contributed by atoms with Gasteiger partial charge < -0.3 is 14.2 Å². The van der Waals surface area contributed by atoms with Gasteiger partial charge in [0.25, 0.3) is 0 Å². The first-order valence-corrected chi connectivity index (χ1v) is 11.4. The summed E-state index contributed by atoms with van der Waals surface area (Å²) in [5, 5.41) is 0. The molecule has 0 aromatic rings. The van der Waals surface area contributed by atoms with E-state index in [0.29, 0.717) is 12.3 Å². The molecule has 0 amide bonds. The fourth-order valence-corrected chi connectivity index (χ4v) is 7.39. The van der Waals surface area contributed by atoms with Crippen LogP contribution in [0.1, 0.15) is 79.1 Å². The lowest BCUT2D eigenvalue weighted by molar-refractivity contribution is -0.284. The third-order valence-electron chi connectivity index (χ3n) is 8.93. The first-order chi connectivity index (χ1) is 13.7. The highest BCUT2D eigenvalue weighted by Gasteiger charge is 2.65. The Kier molecular flexibility index (Phi) is 5.26. The number of fused-ring (bicyclic) bond motifs is 3. The fourth-order valence-electron chi connectivity index (χ4n) is 7.39. The lowest BCUT2D eigenvalue weighted by Crippen LogP contribution is -2.61. The predicted molar refractivity (Wildman–Crippen MR) is 113 cm³/mol. The molecule has 0 aromatic heterocycles. The molecular weight excluding hydrogens is 364 g/mol. The number of carbonyl (C=O) groups is 1. The summed E-state index contributed by atoms with van der Waals surface area (Å²) in [6, 6.07) is 0. The van der Waals surface area contributed by atoms with Crippen LogP contribution in [-0.4, -0.2) is 32.1 Å². The van der Waals surface area contributed by atoms with Crippen LogP contribution in [0.25, 0.3) is 0 Å². The summed E-state index contributed by atoms with van der Waals surface area (Å²) >= 11 is 0. The van der Waals surface area contributed by atoms with Crippen molar-refractivity contribution in [2.45, 2.75) is 84.8 Å². The van der Waals surface area contributed by atoms with Gasteiger partial charge in [-0.1, -0.05) is 51.0 Å². The lowest BCUT2D eigenvalue weighted by atomic mass is 9.42. The van der Waals surface area contributed by atoms with Crippen LogP contribution >= 0.6 is 0 Å². The summed E-state index contributed by atoms with van der Waals surface area (Å²) in [6.07, 6.45) is 12.8. The summed E-state index contributed by atoms with van der Waals surface area (Å²) < 4.78 is 17.3. The molecule has 0 N–H and O–H groups in total. The smallest absolute Gasteiger partial charge is 0.305 e. The molecule has 29 heavy (non-hydrogen) atoms. The third-order valence-corrected chi connectivity index (χ3v) is 8.93. The maximum absolute atomic E-state index is 11.6. The van der Waals surface area contributed by atoms with Crippen LogP contribution < -0.4 is 0 Å². The summed E-state index contributed by atoms with van der Waals surface area (Å²) in [5.74, 6) is 0.0278. The fraction of sp³-hybridized carbons (Fsp3) is 0.800. The highest BCUT2D eigenvalue weighted by molar-refractivity contribution is 5.69. The summed E-state index contributed by atoms with van der Waals surface area (Å²) in [7, 11) is 1.47. The van der Waals surface area contributed by atoms with E-state index in [1.165, 1.54) is 25.5 Å². The number of ether oxygens (including phenoxy) is 3. The van der Waals surface area contributed by atoms with E-state index in [1.807, 2.05) is 0 Å². The van der Waals surface area contributed by atoms with Crippen LogP contribution in [0.15, 0.2) is 23.3 Å². The minimum Gasteiger partial charge on any atom is -0.469 e. The molecule has 3 aliphatic carbocycles. The van der Waals surface area contributed by atoms with E-state index >= 15 is 0 Å². The molecule has 4 aliphatic rings. The van der Waals surface area contributed by atoms with Crippen LogP contribution in [0, 0.1) is 22.2 Å². The van der Waals surface area contributed by atoms with Crippen molar-refractivity contribution < 1.29 is 19.0 Å². The van der Waals surface area contributed by atoms with Crippen molar-refractivity contribution in [3.8, 4) is 0 Å². The lowest BCUT2D eigenvalue weighted by Gasteiger charge is -2.64. The van der Waals surface area contributed by atoms with Crippen LogP contribution in [0.5, 0.6) is 0 Å². The Bertz CT molecular complexity index is 727. The zero-order chi connectivity index (χ0) is 20.9. The zero-order valence-electron chi connectivity index (χ0n) is 18.9. The normalized spacial score (nSPS) is 39.0. The topological polar surface area (TPSA) is 44.8 Å². The van der Waals surface area contributed by atoms with E-state index in [-0.39, 0.29) is 22.2 Å². The Morgan fingerprint density at radius 3 is 2.59 bits per heavy atom. The van der Waals surface area contributed by atoms with Gasteiger partial charge in [0.05, 0.1) is 20.3 Å². The van der Waals surface area contributed by atoms with Gasteiger partial charge in [-0.2, -0.15) is 0 Å². The molecule has 162 valence electrons. The van der Waals surface area contributed by atoms with Crippen molar-refractivity contribution in [2.24, 2.45) is 22.2 Å². The van der Waals surface area contributed by atoms with Crippen LogP contribution in [0.2, 0.25) is 0 Å². The Morgan fingerprint density at radius 1 is 1.17 bits per heavy atom. The number of hydrogen-bond donors (Lipinski definition) is 0. The Labute approximate surface area is 176 Å². The zero-order valence-corrected chi connectivity index (χ0v) is 18.9. The molecule has 0 aromatic carbocycles. The highest BCUT2D eigenvalue weighted by Crippen LogP contribution is 2.69. The molecule has 4 heteroatoms. The molecule has 2 saturated carbocycles. The highest BCUT2D eigenvalue weighted by atomic mass is 16.7. The molecule has 1 unspecified atom stereocenters. The average Bonchev–Trinajstić information content (AvgIpc) is 3.17. The number of allylic oxidation sites excluding steroid dienone is 4. The van der Waals surface area contributed by atoms with Gasteiger partial charge in [-0.05, 0) is 49.9 Å². The minimum atomic E-state index is -0.403. The second kappa shape index (κ2) is 7.23. The monoisotopic (exact) mass is 402 g/mol. The third kappa shape index (κ3) is 3.05. The van der Waals surface area contributed by atoms with Crippen molar-refractivity contribution in [1.29, 1.82) is 0 Å².